The van der Waals surface area contributed by atoms with E-state index in [1.54, 1.807) is 0 Å². The van der Waals surface area contributed by atoms with Crippen molar-refractivity contribution in [2.45, 2.75) is 26.2 Å². The summed E-state index contributed by atoms with van der Waals surface area (Å²) in [5.41, 5.74) is 41.2. The van der Waals surface area contributed by atoms with Gasteiger partial charge in [-0.1, -0.05) is 72.8 Å². The monoisotopic (exact) mass is 732 g/mol. The summed E-state index contributed by atoms with van der Waals surface area (Å²) in [6, 6.07) is 51.1. The molecule has 0 saturated heterocycles. The first-order valence-electron chi connectivity index (χ1n) is 19.0. The summed E-state index contributed by atoms with van der Waals surface area (Å²) in [6.45, 7) is 1.77. The minimum Gasteiger partial charge on any atom is -0.354 e. The Morgan fingerprint density at radius 3 is 0.768 bits per heavy atom. The molecule has 0 atom stereocenters. The maximum Gasteiger partial charge on any atom is 0.0485 e. The van der Waals surface area contributed by atoms with Gasteiger partial charge in [-0.3, -0.25) is 0 Å². The normalized spacial score (nSPS) is 12.8. The van der Waals surface area contributed by atoms with Crippen LogP contribution in [0.5, 0.6) is 0 Å². The molecule has 5 heterocycles. The minimum atomic E-state index is 0.442. The number of aromatic nitrogens is 4. The van der Waals surface area contributed by atoms with Crippen molar-refractivity contribution in [3.63, 3.8) is 0 Å². The van der Waals surface area contributed by atoms with E-state index in [0.29, 0.717) is 26.2 Å². The van der Waals surface area contributed by atoms with Crippen molar-refractivity contribution < 1.29 is 0 Å². The molecule has 12 N–H and O–H groups in total. The van der Waals surface area contributed by atoms with E-state index in [2.05, 4.69) is 166 Å². The average molecular weight is 733 g/mol. The van der Waals surface area contributed by atoms with Crippen LogP contribution in [0.25, 0.3) is 22.3 Å². The summed E-state index contributed by atoms with van der Waals surface area (Å²) < 4.78 is 0. The smallest absolute Gasteiger partial charge is 0.0485 e. The maximum absolute atomic E-state index is 6.18. The van der Waals surface area contributed by atoms with Crippen LogP contribution in [-0.2, 0) is 26.2 Å². The summed E-state index contributed by atoms with van der Waals surface area (Å²) in [7, 11) is 0. The lowest BCUT2D eigenvalue weighted by Gasteiger charge is -2.11. The first-order chi connectivity index (χ1) is 27.5. The Balaban J connectivity index is 1.43. The van der Waals surface area contributed by atoms with E-state index in [1.165, 1.54) is 0 Å². The minimum absolute atomic E-state index is 0.442. The Morgan fingerprint density at radius 2 is 0.536 bits per heavy atom. The highest BCUT2D eigenvalue weighted by Crippen LogP contribution is 2.29. The quantitative estimate of drug-likeness (QED) is 0.118. The van der Waals surface area contributed by atoms with E-state index in [9.17, 15) is 0 Å². The fourth-order valence-electron chi connectivity index (χ4n) is 7.99. The zero-order valence-electron chi connectivity index (χ0n) is 31.0. The Labute approximate surface area is 324 Å². The second-order valence-electron chi connectivity index (χ2n) is 14.3. The van der Waals surface area contributed by atoms with Gasteiger partial charge >= 0.3 is 0 Å². The molecule has 0 radical (unpaired) electrons. The third-order valence-electron chi connectivity index (χ3n) is 10.7. The van der Waals surface area contributed by atoms with Gasteiger partial charge < -0.3 is 42.9 Å². The van der Waals surface area contributed by atoms with Gasteiger partial charge in [0.15, 0.2) is 0 Å². The number of hydrogen-bond donors (Lipinski definition) is 8. The summed E-state index contributed by atoms with van der Waals surface area (Å²) in [5.74, 6) is 0. The summed E-state index contributed by atoms with van der Waals surface area (Å²) in [6.07, 6.45) is 0. The van der Waals surface area contributed by atoms with Gasteiger partial charge in [0.1, 0.15) is 0 Å². The van der Waals surface area contributed by atoms with E-state index in [0.717, 1.165) is 111 Å². The number of benzene rings is 4. The molecule has 8 nitrogen and oxygen atoms in total. The maximum atomic E-state index is 6.18. The van der Waals surface area contributed by atoms with E-state index in [-0.39, 0.29) is 0 Å². The van der Waals surface area contributed by atoms with Gasteiger partial charge in [-0.15, -0.1) is 0 Å². The van der Waals surface area contributed by atoms with Crippen LogP contribution < -0.4 is 44.3 Å². The van der Waals surface area contributed by atoms with E-state index >= 15 is 0 Å². The predicted octanol–water partition coefficient (Wildman–Crippen LogP) is 4.14. The van der Waals surface area contributed by atoms with Gasteiger partial charge in [-0.2, -0.15) is 0 Å². The van der Waals surface area contributed by atoms with Crippen LogP contribution in [0.1, 0.15) is 67.3 Å². The second-order valence-corrected chi connectivity index (χ2v) is 14.3. The molecule has 0 spiro atoms. The topological polar surface area (TPSA) is 167 Å². The SMILES string of the molecule is NCc1cccc(C2=c3ccc([nH]3)=C(c3cccc(CN)c3)c3ccc([nH]3)C(c3cccc(CN)c3)=c3ccc([nH]3)=C(c3cccc(CN)c3)c3ccc2[nH]3)c1. The zero-order valence-corrected chi connectivity index (χ0v) is 31.0. The highest BCUT2D eigenvalue weighted by Gasteiger charge is 2.19. The molecule has 1 aliphatic heterocycles. The Morgan fingerprint density at radius 1 is 0.286 bits per heavy atom. The molecule has 8 heteroatoms. The zero-order chi connectivity index (χ0) is 38.2. The van der Waals surface area contributed by atoms with Gasteiger partial charge in [0.05, 0.1) is 0 Å². The van der Waals surface area contributed by atoms with E-state index < -0.39 is 0 Å². The second kappa shape index (κ2) is 14.9. The molecule has 0 aliphatic carbocycles. The van der Waals surface area contributed by atoms with E-state index in [1.807, 2.05) is 0 Å². The standard InChI is InChI=1S/C48H44N8/c49-25-29-5-1-9-33(21-29)45-37-13-15-39(53-37)46(34-10-2-6-30(22-34)26-50)41-17-19-43(55-41)48(36-12-4-8-32(24-36)28-52)44-20-18-42(56-44)47(40-16-14-38(45)54-40)35-11-3-7-31(23-35)27-51/h1-24,53-56H,25-28,49-52H2. The van der Waals surface area contributed by atoms with Gasteiger partial charge in [0.25, 0.3) is 0 Å². The highest BCUT2D eigenvalue weighted by atomic mass is 14.8. The number of hydrogen-bond acceptors (Lipinski definition) is 4. The van der Waals surface area contributed by atoms with Crippen molar-refractivity contribution in [1.29, 1.82) is 0 Å². The van der Waals surface area contributed by atoms with Gasteiger partial charge in [-0.05, 0) is 117 Å². The molecule has 0 saturated carbocycles. The molecule has 56 heavy (non-hydrogen) atoms. The third-order valence-corrected chi connectivity index (χ3v) is 10.7. The molecule has 0 amide bonds. The molecule has 8 bridgehead atoms. The van der Waals surface area contributed by atoms with Crippen LogP contribution in [0.2, 0.25) is 0 Å². The van der Waals surface area contributed by atoms with E-state index in [4.69, 9.17) is 22.9 Å². The Bertz CT molecular complexity index is 2590. The number of rotatable bonds is 8. The molecule has 0 fully saturated rings. The predicted molar refractivity (Wildman–Crippen MR) is 225 cm³/mol. The molecule has 276 valence electrons. The van der Waals surface area contributed by atoms with Crippen LogP contribution in [0.15, 0.2) is 146 Å². The van der Waals surface area contributed by atoms with Gasteiger partial charge in [0.2, 0.25) is 0 Å². The number of H-pyrrole nitrogens is 4. The van der Waals surface area contributed by atoms with Crippen LogP contribution in [0, 0.1) is 0 Å². The lowest BCUT2D eigenvalue weighted by molar-refractivity contribution is 1.07. The number of nitrogens with one attached hydrogen (secondary N) is 4. The van der Waals surface area contributed by atoms with Gasteiger partial charge in [0, 0.05) is 92.6 Å². The molecule has 1 aliphatic rings. The number of fused-ring (bicyclic) bond motifs is 8. The van der Waals surface area contributed by atoms with Crippen LogP contribution >= 0.6 is 0 Å². The summed E-state index contributed by atoms with van der Waals surface area (Å²) >= 11 is 0. The highest BCUT2D eigenvalue weighted by molar-refractivity contribution is 5.85. The van der Waals surface area contributed by atoms with Crippen molar-refractivity contribution in [1.82, 2.24) is 19.9 Å². The first kappa shape index (κ1) is 35.0. The van der Waals surface area contributed by atoms with Crippen molar-refractivity contribution in [3.8, 4) is 0 Å². The summed E-state index contributed by atoms with van der Waals surface area (Å²) in [5, 5.41) is 3.87. The molecule has 4 aromatic carbocycles. The molecule has 9 rings (SSSR count). The Hall–Kier alpha value is -6.68. The van der Waals surface area contributed by atoms with Crippen LogP contribution in [0.3, 0.4) is 0 Å². The summed E-state index contributed by atoms with van der Waals surface area (Å²) in [4.78, 5) is 15.4. The van der Waals surface area contributed by atoms with Crippen LogP contribution in [-0.4, -0.2) is 19.9 Å². The fourth-order valence-corrected chi connectivity index (χ4v) is 7.99. The average Bonchev–Trinajstić information content (AvgIpc) is 4.09. The molecule has 0 unspecified atom stereocenters. The first-order valence-corrected chi connectivity index (χ1v) is 19.0. The lowest BCUT2D eigenvalue weighted by atomic mass is 10.00. The Kier molecular flexibility index (Phi) is 9.30. The molecule has 8 aromatic rings. The molecule has 4 aromatic heterocycles. The lowest BCUT2D eigenvalue weighted by Crippen LogP contribution is -2.19. The van der Waals surface area contributed by atoms with Gasteiger partial charge in [-0.25, -0.2) is 0 Å². The van der Waals surface area contributed by atoms with Crippen LogP contribution in [0.4, 0.5) is 0 Å². The molecular formula is C48H44N8. The largest absolute Gasteiger partial charge is 0.354 e. The van der Waals surface area contributed by atoms with Crippen molar-refractivity contribution in [3.05, 3.63) is 234 Å². The third kappa shape index (κ3) is 6.46. The van der Waals surface area contributed by atoms with Crippen molar-refractivity contribution >= 4 is 22.3 Å². The fraction of sp³-hybridized carbons (Fsp3) is 0.0833. The number of nitrogens with two attached hydrogens (primary N) is 4. The molecular weight excluding hydrogens is 689 g/mol. The number of aromatic amines is 4. The van der Waals surface area contributed by atoms with Crippen molar-refractivity contribution in [2.75, 3.05) is 0 Å². The van der Waals surface area contributed by atoms with Crippen molar-refractivity contribution in [2.24, 2.45) is 22.9 Å².